The largest absolute Gasteiger partial charge is 0.483 e. The van der Waals surface area contributed by atoms with Crippen LogP contribution in [0.4, 0.5) is 0 Å². The van der Waals surface area contributed by atoms with E-state index in [1.807, 2.05) is 37.2 Å². The quantitative estimate of drug-likeness (QED) is 0.162. The molecule has 0 aromatic heterocycles. The summed E-state index contributed by atoms with van der Waals surface area (Å²) in [6, 6.07) is 23.8. The van der Waals surface area contributed by atoms with E-state index in [2.05, 4.69) is 0 Å². The molecule has 0 amide bonds. The fourth-order valence-electron chi connectivity index (χ4n) is 5.68. The van der Waals surface area contributed by atoms with Gasteiger partial charge in [-0.1, -0.05) is 48.5 Å². The molecule has 2 atom stereocenters. The number of hydrogen-bond donors (Lipinski definition) is 3. The van der Waals surface area contributed by atoms with E-state index in [0.717, 1.165) is 5.56 Å². The first kappa shape index (κ1) is 37.8. The van der Waals surface area contributed by atoms with Crippen LogP contribution < -0.4 is 18.9 Å². The highest BCUT2D eigenvalue weighted by Gasteiger charge is 2.22. The Hall–Kier alpha value is -5.40. The lowest BCUT2D eigenvalue weighted by molar-refractivity contribution is -0.0672. The van der Waals surface area contributed by atoms with Gasteiger partial charge in [-0.25, -0.2) is 0 Å². The molecule has 0 radical (unpaired) electrons. The van der Waals surface area contributed by atoms with Crippen molar-refractivity contribution in [3.8, 4) is 23.0 Å². The number of hydrogen-bond acceptors (Lipinski definition) is 12. The maximum Gasteiger partial charge on any atom is 0.232 e. The molecule has 2 unspecified atom stereocenters. The van der Waals surface area contributed by atoms with Crippen molar-refractivity contribution in [3.05, 3.63) is 118 Å². The van der Waals surface area contributed by atoms with Crippen LogP contribution in [0.25, 0.3) is 0 Å². The number of nitrogens with zero attached hydrogens (tertiary/aromatic N) is 1. The van der Waals surface area contributed by atoms with E-state index >= 15 is 0 Å². The van der Waals surface area contributed by atoms with Crippen LogP contribution in [0, 0.1) is 0 Å². The Bertz CT molecular complexity index is 1920. The summed E-state index contributed by atoms with van der Waals surface area (Å²) in [6.07, 6.45) is -1.63. The summed E-state index contributed by atoms with van der Waals surface area (Å²) in [4.78, 5) is 51.7. The van der Waals surface area contributed by atoms with E-state index < -0.39 is 12.6 Å². The maximum atomic E-state index is 12.6. The highest BCUT2D eigenvalue weighted by molar-refractivity contribution is 6.04. The van der Waals surface area contributed by atoms with Gasteiger partial charge in [0.05, 0.1) is 6.61 Å². The van der Waals surface area contributed by atoms with Gasteiger partial charge in [0.1, 0.15) is 0 Å². The summed E-state index contributed by atoms with van der Waals surface area (Å²) in [5, 5.41) is 28.1. The molecule has 4 aromatic carbocycles. The summed E-state index contributed by atoms with van der Waals surface area (Å²) in [6.45, 7) is 0.473. The van der Waals surface area contributed by atoms with Crippen molar-refractivity contribution < 1.29 is 53.4 Å². The number of aliphatic hydroxyl groups is 3. The fourth-order valence-corrected chi connectivity index (χ4v) is 5.68. The van der Waals surface area contributed by atoms with Crippen molar-refractivity contribution in [2.75, 3.05) is 27.3 Å². The summed E-state index contributed by atoms with van der Waals surface area (Å²) >= 11 is 0. The first-order valence-electron chi connectivity index (χ1n) is 16.8. The second kappa shape index (κ2) is 17.7. The van der Waals surface area contributed by atoms with E-state index in [4.69, 9.17) is 18.9 Å². The second-order valence-corrected chi connectivity index (χ2v) is 12.5. The van der Waals surface area contributed by atoms with Crippen LogP contribution in [0.15, 0.2) is 84.9 Å². The third-order valence-corrected chi connectivity index (χ3v) is 8.27. The van der Waals surface area contributed by atoms with Crippen LogP contribution in [0.5, 0.6) is 23.0 Å². The van der Waals surface area contributed by atoms with Gasteiger partial charge >= 0.3 is 0 Å². The zero-order valence-electron chi connectivity index (χ0n) is 28.9. The molecule has 12 nitrogen and oxygen atoms in total. The van der Waals surface area contributed by atoms with Crippen LogP contribution >= 0.6 is 0 Å². The Morgan fingerprint density at radius 1 is 0.596 bits per heavy atom. The van der Waals surface area contributed by atoms with Crippen LogP contribution in [0.3, 0.4) is 0 Å². The SMILES string of the molecule is CN(C)Cc1ccccc1C(=O)CCC(=O)c1ccc2c(c1)OCC(O)O2.O=C(CCC(=O)c1ccccc1CO)c1ccc2c(c1)OCC(O)O2. The van der Waals surface area contributed by atoms with E-state index in [9.17, 15) is 34.5 Å². The monoisotopic (exact) mass is 711 g/mol. The zero-order valence-corrected chi connectivity index (χ0v) is 28.9. The molecule has 2 aliphatic rings. The van der Waals surface area contributed by atoms with E-state index in [-0.39, 0.29) is 68.6 Å². The molecule has 4 aromatic rings. The van der Waals surface area contributed by atoms with E-state index in [1.165, 1.54) is 0 Å². The Labute approximate surface area is 301 Å². The number of fused-ring (bicyclic) bond motifs is 2. The van der Waals surface area contributed by atoms with E-state index in [0.29, 0.717) is 57.4 Å². The smallest absolute Gasteiger partial charge is 0.232 e. The normalized spacial score (nSPS) is 15.7. The van der Waals surface area contributed by atoms with Gasteiger partial charge in [0.15, 0.2) is 59.3 Å². The number of rotatable bonds is 13. The molecule has 0 bridgehead atoms. The van der Waals surface area contributed by atoms with Crippen molar-refractivity contribution in [1.82, 2.24) is 4.90 Å². The minimum Gasteiger partial charge on any atom is -0.483 e. The number of ether oxygens (including phenoxy) is 4. The van der Waals surface area contributed by atoms with E-state index in [1.54, 1.807) is 66.7 Å². The third-order valence-electron chi connectivity index (χ3n) is 8.27. The summed E-state index contributed by atoms with van der Waals surface area (Å²) in [5.74, 6) is 1.06. The molecule has 3 N–H and O–H groups in total. The van der Waals surface area contributed by atoms with Gasteiger partial charge in [-0.3, -0.25) is 19.2 Å². The lowest BCUT2D eigenvalue weighted by Crippen LogP contribution is -2.28. The lowest BCUT2D eigenvalue weighted by atomic mass is 9.97. The third kappa shape index (κ3) is 9.89. The molecule has 2 heterocycles. The molecular weight excluding hydrogens is 670 g/mol. The molecule has 12 heteroatoms. The van der Waals surface area contributed by atoms with Crippen LogP contribution in [-0.2, 0) is 13.2 Å². The lowest BCUT2D eigenvalue weighted by Gasteiger charge is -2.22. The molecule has 0 fully saturated rings. The Kier molecular flexibility index (Phi) is 12.9. The number of Topliss-reactive ketones (excluding diaryl/α,β-unsaturated/α-hetero) is 4. The molecule has 272 valence electrons. The topological polar surface area (TPSA) is 169 Å². The molecular formula is C40H41NO11. The van der Waals surface area contributed by atoms with Crippen molar-refractivity contribution in [2.45, 2.75) is 51.4 Å². The predicted molar refractivity (Wildman–Crippen MR) is 189 cm³/mol. The number of aliphatic hydroxyl groups excluding tert-OH is 3. The molecule has 52 heavy (non-hydrogen) atoms. The maximum absolute atomic E-state index is 12.6. The van der Waals surface area contributed by atoms with Gasteiger partial charge in [-0.2, -0.15) is 0 Å². The standard InChI is InChI=1S/C21H23NO5.C19H18O6/c1-22(2)12-15-5-3-4-6-16(15)18(24)9-8-17(23)14-7-10-19-20(11-14)26-13-21(25)27-19;20-10-13-3-1-2-4-14(13)16(22)7-6-15(21)12-5-8-17-18(9-12)24-11-19(23)25-17/h3-7,10-11,21,25H,8-9,12-13H2,1-2H3;1-5,8-9,19-20,23H,6-7,10-11H2. The molecule has 0 spiro atoms. The van der Waals surface area contributed by atoms with Crippen molar-refractivity contribution >= 4 is 23.1 Å². The van der Waals surface area contributed by atoms with Gasteiger partial charge in [-0.15, -0.1) is 0 Å². The first-order chi connectivity index (χ1) is 25.0. The Morgan fingerprint density at radius 3 is 1.48 bits per heavy atom. The van der Waals surface area contributed by atoms with Crippen LogP contribution in [0.1, 0.15) is 78.2 Å². The van der Waals surface area contributed by atoms with Gasteiger partial charge < -0.3 is 39.2 Å². The summed E-state index contributed by atoms with van der Waals surface area (Å²) < 4.78 is 21.1. The number of carbonyl (C=O) groups excluding carboxylic acids is 4. The van der Waals surface area contributed by atoms with Crippen molar-refractivity contribution in [2.24, 2.45) is 0 Å². The molecule has 0 saturated heterocycles. The summed E-state index contributed by atoms with van der Waals surface area (Å²) in [7, 11) is 3.90. The van der Waals surface area contributed by atoms with Crippen molar-refractivity contribution in [3.63, 3.8) is 0 Å². The predicted octanol–water partition coefficient (Wildman–Crippen LogP) is 4.80. The Balaban J connectivity index is 0.000000202. The zero-order chi connectivity index (χ0) is 37.2. The Morgan fingerprint density at radius 2 is 1.02 bits per heavy atom. The molecule has 2 aliphatic heterocycles. The number of ketones is 4. The summed E-state index contributed by atoms with van der Waals surface area (Å²) in [5.41, 5.74) is 3.49. The van der Waals surface area contributed by atoms with Crippen LogP contribution in [0.2, 0.25) is 0 Å². The average Bonchev–Trinajstić information content (AvgIpc) is 3.15. The van der Waals surface area contributed by atoms with Gasteiger partial charge in [0, 0.05) is 54.5 Å². The van der Waals surface area contributed by atoms with Crippen molar-refractivity contribution in [1.29, 1.82) is 0 Å². The van der Waals surface area contributed by atoms with Gasteiger partial charge in [0.25, 0.3) is 0 Å². The number of carbonyl (C=O) groups is 4. The second-order valence-electron chi connectivity index (χ2n) is 12.5. The number of benzene rings is 4. The minimum atomic E-state index is -1.02. The fraction of sp³-hybridized carbons (Fsp3) is 0.300. The van der Waals surface area contributed by atoms with Gasteiger partial charge in [0.2, 0.25) is 12.6 Å². The highest BCUT2D eigenvalue weighted by atomic mass is 16.7. The highest BCUT2D eigenvalue weighted by Crippen LogP contribution is 2.34. The minimum absolute atomic E-state index is 0.00107. The average molecular weight is 712 g/mol. The molecule has 0 saturated carbocycles. The van der Waals surface area contributed by atoms with Crippen LogP contribution in [-0.4, -0.2) is 83.2 Å². The molecule has 6 rings (SSSR count). The molecule has 0 aliphatic carbocycles. The first-order valence-corrected chi connectivity index (χ1v) is 16.8. The van der Waals surface area contributed by atoms with Gasteiger partial charge in [-0.05, 0) is 61.6 Å².